The molecule has 0 spiro atoms. The largest absolute Gasteiger partial charge is 0.494 e. The number of hydrogen-bond acceptors (Lipinski definition) is 3. The molecule has 3 heteroatoms. The fourth-order valence-electron chi connectivity index (χ4n) is 2.07. The van der Waals surface area contributed by atoms with Crippen molar-refractivity contribution in [2.45, 2.75) is 33.3 Å². The molecule has 0 saturated heterocycles. The van der Waals surface area contributed by atoms with Crippen molar-refractivity contribution < 1.29 is 9.84 Å². The summed E-state index contributed by atoms with van der Waals surface area (Å²) in [4.78, 5) is 2.23. The van der Waals surface area contributed by atoms with Crippen LogP contribution >= 0.6 is 0 Å². The van der Waals surface area contributed by atoms with Crippen LogP contribution in [0.5, 0.6) is 5.75 Å². The van der Waals surface area contributed by atoms with Crippen LogP contribution in [0, 0.1) is 0 Å². The molecule has 0 heterocycles. The fourth-order valence-corrected chi connectivity index (χ4v) is 2.07. The normalized spacial score (nSPS) is 12.7. The molecule has 1 aromatic carbocycles. The number of hydrogen-bond donors (Lipinski definition) is 1. The van der Waals surface area contributed by atoms with Gasteiger partial charge < -0.3 is 14.7 Å². The smallest absolute Gasteiger partial charge is 0.122 e. The zero-order valence-corrected chi connectivity index (χ0v) is 11.7. The molecular formula is C15H25NO2. The Morgan fingerprint density at radius 2 is 1.83 bits per heavy atom. The van der Waals surface area contributed by atoms with Crippen LogP contribution in [-0.2, 0) is 6.42 Å². The molecule has 3 nitrogen and oxygen atoms in total. The maximum atomic E-state index is 10.1. The highest BCUT2D eigenvalue weighted by atomic mass is 16.5. The molecule has 0 amide bonds. The summed E-state index contributed by atoms with van der Waals surface area (Å²) in [5.74, 6) is 0.888. The van der Waals surface area contributed by atoms with Gasteiger partial charge in [0.15, 0.2) is 0 Å². The van der Waals surface area contributed by atoms with Gasteiger partial charge in [-0.25, -0.2) is 0 Å². The lowest BCUT2D eigenvalue weighted by atomic mass is 10.1. The van der Waals surface area contributed by atoms with Crippen molar-refractivity contribution in [2.75, 3.05) is 26.2 Å². The number of benzene rings is 1. The van der Waals surface area contributed by atoms with Crippen LogP contribution in [0.2, 0.25) is 0 Å². The van der Waals surface area contributed by atoms with Crippen molar-refractivity contribution in [3.8, 4) is 5.75 Å². The average Bonchev–Trinajstić information content (AvgIpc) is 2.38. The van der Waals surface area contributed by atoms with Gasteiger partial charge in [0, 0.05) is 13.0 Å². The van der Waals surface area contributed by atoms with E-state index >= 15 is 0 Å². The van der Waals surface area contributed by atoms with Gasteiger partial charge in [-0.05, 0) is 31.6 Å². The number of nitrogens with zero attached hydrogens (tertiary/aromatic N) is 1. The fraction of sp³-hybridized carbons (Fsp3) is 0.600. The maximum absolute atomic E-state index is 10.1. The van der Waals surface area contributed by atoms with E-state index < -0.39 is 0 Å². The van der Waals surface area contributed by atoms with E-state index in [1.165, 1.54) is 0 Å². The summed E-state index contributed by atoms with van der Waals surface area (Å²) in [7, 11) is 0. The van der Waals surface area contributed by atoms with E-state index in [0.29, 0.717) is 19.6 Å². The zero-order valence-electron chi connectivity index (χ0n) is 11.7. The molecule has 1 unspecified atom stereocenters. The monoisotopic (exact) mass is 251 g/mol. The molecular weight excluding hydrogens is 226 g/mol. The third-order valence-corrected chi connectivity index (χ3v) is 3.09. The standard InChI is InChI=1S/C15H25NO2/c1-4-16(5-2)12-14(17)11-13-9-7-8-10-15(13)18-6-3/h7-10,14,17H,4-6,11-12H2,1-3H3. The van der Waals surface area contributed by atoms with Crippen LogP contribution in [0.3, 0.4) is 0 Å². The minimum absolute atomic E-state index is 0.341. The highest BCUT2D eigenvalue weighted by molar-refractivity contribution is 5.33. The SMILES string of the molecule is CCOc1ccccc1CC(O)CN(CC)CC. The van der Waals surface area contributed by atoms with E-state index in [0.717, 1.165) is 24.4 Å². The third kappa shape index (κ3) is 4.67. The van der Waals surface area contributed by atoms with Crippen LogP contribution in [0.4, 0.5) is 0 Å². The van der Waals surface area contributed by atoms with Gasteiger partial charge in [-0.1, -0.05) is 32.0 Å². The summed E-state index contributed by atoms with van der Waals surface area (Å²) < 4.78 is 5.57. The van der Waals surface area contributed by atoms with Crippen LogP contribution in [0.15, 0.2) is 24.3 Å². The molecule has 0 aromatic heterocycles. The molecule has 1 N–H and O–H groups in total. The van der Waals surface area contributed by atoms with Gasteiger partial charge in [-0.15, -0.1) is 0 Å². The number of rotatable bonds is 8. The van der Waals surface area contributed by atoms with E-state index in [1.54, 1.807) is 0 Å². The quantitative estimate of drug-likeness (QED) is 0.769. The molecule has 1 aromatic rings. The predicted octanol–water partition coefficient (Wildman–Crippen LogP) is 2.33. The van der Waals surface area contributed by atoms with E-state index in [4.69, 9.17) is 4.74 Å². The molecule has 1 atom stereocenters. The Labute approximate surface area is 110 Å². The minimum atomic E-state index is -0.341. The maximum Gasteiger partial charge on any atom is 0.122 e. The van der Waals surface area contributed by atoms with Crippen LogP contribution < -0.4 is 4.74 Å². The number of aliphatic hydroxyl groups excluding tert-OH is 1. The van der Waals surface area contributed by atoms with E-state index in [2.05, 4.69) is 18.7 Å². The van der Waals surface area contributed by atoms with Crippen molar-refractivity contribution in [1.82, 2.24) is 4.90 Å². The van der Waals surface area contributed by atoms with Crippen LogP contribution in [0.1, 0.15) is 26.3 Å². The van der Waals surface area contributed by atoms with Crippen molar-refractivity contribution in [2.24, 2.45) is 0 Å². The summed E-state index contributed by atoms with van der Waals surface area (Å²) in [5, 5.41) is 10.1. The first-order chi connectivity index (χ1) is 8.71. The van der Waals surface area contributed by atoms with Gasteiger partial charge in [0.05, 0.1) is 12.7 Å². The molecule has 0 radical (unpaired) electrons. The number of para-hydroxylation sites is 1. The van der Waals surface area contributed by atoms with E-state index in [9.17, 15) is 5.11 Å². The second-order valence-electron chi connectivity index (χ2n) is 4.38. The molecule has 0 aliphatic rings. The van der Waals surface area contributed by atoms with E-state index in [-0.39, 0.29) is 6.10 Å². The number of aliphatic hydroxyl groups is 1. The summed E-state index contributed by atoms with van der Waals surface area (Å²) in [6.07, 6.45) is 0.304. The molecule has 0 aliphatic carbocycles. The molecule has 18 heavy (non-hydrogen) atoms. The topological polar surface area (TPSA) is 32.7 Å². The molecule has 0 bridgehead atoms. The predicted molar refractivity (Wildman–Crippen MR) is 75.1 cm³/mol. The minimum Gasteiger partial charge on any atom is -0.494 e. The second kappa shape index (κ2) is 8.11. The second-order valence-corrected chi connectivity index (χ2v) is 4.38. The first-order valence-electron chi connectivity index (χ1n) is 6.82. The third-order valence-electron chi connectivity index (χ3n) is 3.09. The molecule has 0 fully saturated rings. The van der Waals surface area contributed by atoms with Gasteiger partial charge in [0.25, 0.3) is 0 Å². The Balaban J connectivity index is 2.60. The first kappa shape index (κ1) is 15.0. The highest BCUT2D eigenvalue weighted by Gasteiger charge is 2.12. The molecule has 102 valence electrons. The zero-order chi connectivity index (χ0) is 13.4. The van der Waals surface area contributed by atoms with Gasteiger partial charge in [0.1, 0.15) is 5.75 Å². The Morgan fingerprint density at radius 3 is 2.44 bits per heavy atom. The summed E-state index contributed by atoms with van der Waals surface area (Å²) in [5.41, 5.74) is 1.08. The number of likely N-dealkylation sites (N-methyl/N-ethyl adjacent to an activating group) is 1. The lowest BCUT2D eigenvalue weighted by Crippen LogP contribution is -2.33. The van der Waals surface area contributed by atoms with Crippen molar-refractivity contribution in [3.05, 3.63) is 29.8 Å². The lowest BCUT2D eigenvalue weighted by Gasteiger charge is -2.22. The van der Waals surface area contributed by atoms with Gasteiger partial charge in [-0.2, -0.15) is 0 Å². The van der Waals surface area contributed by atoms with Crippen LogP contribution in [-0.4, -0.2) is 42.4 Å². The Hall–Kier alpha value is -1.06. The van der Waals surface area contributed by atoms with E-state index in [1.807, 2.05) is 31.2 Å². The summed E-state index contributed by atoms with van der Waals surface area (Å²) in [6, 6.07) is 7.94. The van der Waals surface area contributed by atoms with Gasteiger partial charge >= 0.3 is 0 Å². The number of ether oxygens (including phenoxy) is 1. The van der Waals surface area contributed by atoms with Crippen molar-refractivity contribution in [3.63, 3.8) is 0 Å². The van der Waals surface area contributed by atoms with Crippen molar-refractivity contribution in [1.29, 1.82) is 0 Å². The molecule has 0 aliphatic heterocycles. The van der Waals surface area contributed by atoms with Gasteiger partial charge in [-0.3, -0.25) is 0 Å². The average molecular weight is 251 g/mol. The Bertz CT molecular complexity index is 337. The van der Waals surface area contributed by atoms with Crippen molar-refractivity contribution >= 4 is 0 Å². The van der Waals surface area contributed by atoms with Crippen LogP contribution in [0.25, 0.3) is 0 Å². The van der Waals surface area contributed by atoms with Gasteiger partial charge in [0.2, 0.25) is 0 Å². The summed E-state index contributed by atoms with van der Waals surface area (Å²) >= 11 is 0. The molecule has 0 saturated carbocycles. The molecule has 1 rings (SSSR count). The Kier molecular flexibility index (Phi) is 6.76. The highest BCUT2D eigenvalue weighted by Crippen LogP contribution is 2.19. The first-order valence-corrected chi connectivity index (χ1v) is 6.82. The lowest BCUT2D eigenvalue weighted by molar-refractivity contribution is 0.117. The Morgan fingerprint density at radius 1 is 1.17 bits per heavy atom. The summed E-state index contributed by atoms with van der Waals surface area (Å²) in [6.45, 7) is 9.52.